The van der Waals surface area contributed by atoms with Crippen LogP contribution in [-0.4, -0.2) is 41.8 Å². The minimum Gasteiger partial charge on any atom is -0.360 e. The lowest BCUT2D eigenvalue weighted by Crippen LogP contribution is -2.64. The first-order chi connectivity index (χ1) is 23.7. The van der Waals surface area contributed by atoms with Crippen molar-refractivity contribution >= 4 is 56.7 Å². The maximum atomic E-state index is 7.74. The summed E-state index contributed by atoms with van der Waals surface area (Å²) >= 11 is 0. The van der Waals surface area contributed by atoms with E-state index in [4.69, 9.17) is 4.84 Å². The van der Waals surface area contributed by atoms with Crippen molar-refractivity contribution < 1.29 is 9.48 Å². The van der Waals surface area contributed by atoms with Gasteiger partial charge in [-0.25, -0.2) is 0 Å². The highest BCUT2D eigenvalue weighted by Crippen LogP contribution is 2.51. The minimum atomic E-state index is -2.46. The van der Waals surface area contributed by atoms with Crippen LogP contribution in [0.15, 0.2) is 127 Å². The molecular formula is C44H40N3OSi+. The standard InChI is InChI=1S/C44H40N3OSi/c1-44-42(45-27-30-17-6-7-18-31(30)28-45)35-22-10-11-23-36(35)43(44)49(4,5)39-26-29-16-8-9-19-32(29)40(41(39)48-47(44,2)3)46-37-24-14-12-20-33(37)34-21-13-15-25-38(34)46/h6-26H,27-28H2,1-5H3/q+1/t44-/m0/s1. The van der Waals surface area contributed by atoms with Crippen LogP contribution in [0.25, 0.3) is 49.2 Å². The molecule has 6 aromatic carbocycles. The van der Waals surface area contributed by atoms with Gasteiger partial charge < -0.3 is 14.3 Å². The summed E-state index contributed by atoms with van der Waals surface area (Å²) in [6.45, 7) is 9.43. The Morgan fingerprint density at radius 2 is 1.18 bits per heavy atom. The summed E-state index contributed by atoms with van der Waals surface area (Å²) in [6, 6.07) is 47.2. The van der Waals surface area contributed by atoms with Gasteiger partial charge in [0.05, 0.1) is 16.7 Å². The normalized spacial score (nSPS) is 20.2. The van der Waals surface area contributed by atoms with Gasteiger partial charge in [-0.05, 0) is 44.2 Å². The second-order valence-corrected chi connectivity index (χ2v) is 19.5. The number of nitrogens with zero attached hydrogens (tertiary/aromatic N) is 3. The zero-order chi connectivity index (χ0) is 33.3. The first-order valence-corrected chi connectivity index (χ1v) is 20.5. The minimum absolute atomic E-state index is 0.352. The molecule has 0 amide bonds. The average molecular weight is 655 g/mol. The van der Waals surface area contributed by atoms with Crippen LogP contribution >= 0.6 is 0 Å². The van der Waals surface area contributed by atoms with E-state index in [9.17, 15) is 0 Å². The lowest BCUT2D eigenvalue weighted by molar-refractivity contribution is -1.07. The molecule has 3 aliphatic rings. The topological polar surface area (TPSA) is 17.4 Å². The van der Waals surface area contributed by atoms with Crippen molar-refractivity contribution in [3.8, 4) is 11.4 Å². The van der Waals surface area contributed by atoms with E-state index in [-0.39, 0.29) is 0 Å². The summed E-state index contributed by atoms with van der Waals surface area (Å²) in [4.78, 5) is 10.4. The highest BCUT2D eigenvalue weighted by molar-refractivity contribution is 7.04. The Bertz CT molecular complexity index is 2610. The number of benzene rings is 6. The van der Waals surface area contributed by atoms with E-state index in [1.165, 1.54) is 65.0 Å². The van der Waals surface area contributed by atoms with E-state index in [1.807, 2.05) is 0 Å². The van der Waals surface area contributed by atoms with Gasteiger partial charge in [-0.3, -0.25) is 0 Å². The highest BCUT2D eigenvalue weighted by atomic mass is 28.3. The van der Waals surface area contributed by atoms with Crippen molar-refractivity contribution in [2.24, 2.45) is 0 Å². The van der Waals surface area contributed by atoms with E-state index in [1.54, 1.807) is 5.20 Å². The fourth-order valence-electron chi connectivity index (χ4n) is 9.70. The first-order valence-electron chi connectivity index (χ1n) is 17.5. The molecule has 0 radical (unpaired) electrons. The Morgan fingerprint density at radius 1 is 0.653 bits per heavy atom. The van der Waals surface area contributed by atoms with E-state index in [0.717, 1.165) is 24.5 Å². The van der Waals surface area contributed by atoms with Gasteiger partial charge in [0.2, 0.25) is 5.75 Å². The number of hydrogen-bond acceptors (Lipinski definition) is 2. The van der Waals surface area contributed by atoms with Crippen LogP contribution in [-0.2, 0) is 13.1 Å². The van der Waals surface area contributed by atoms with Crippen LogP contribution in [0.2, 0.25) is 13.1 Å². The van der Waals surface area contributed by atoms with Crippen LogP contribution < -0.4 is 20.5 Å². The molecule has 0 bridgehead atoms. The van der Waals surface area contributed by atoms with Gasteiger partial charge in [0.25, 0.3) is 0 Å². The molecule has 0 N–H and O–H groups in total. The van der Waals surface area contributed by atoms with Crippen LogP contribution in [0.5, 0.6) is 5.75 Å². The molecule has 5 heteroatoms. The molecule has 49 heavy (non-hydrogen) atoms. The Morgan fingerprint density at radius 3 is 1.84 bits per heavy atom. The third-order valence-electron chi connectivity index (χ3n) is 12.0. The van der Waals surface area contributed by atoms with E-state index < -0.39 is 13.6 Å². The number of hydroxylamine groups is 3. The SMILES string of the molecule is C[C@]12C(N3Cc4ccccc4C3)=c3ccccc3=C1[Si](C)(C)c1cc3ccccc3c(-n3c4ccccc4c4ccccc43)c1O[N+]2(C)C. The number of aromatic nitrogens is 1. The van der Waals surface area contributed by atoms with Crippen LogP contribution in [0.4, 0.5) is 0 Å². The maximum absolute atomic E-state index is 7.74. The van der Waals surface area contributed by atoms with E-state index in [0.29, 0.717) is 4.65 Å². The summed E-state index contributed by atoms with van der Waals surface area (Å²) in [7, 11) is 2.12. The molecular weight excluding hydrogens is 615 g/mol. The van der Waals surface area contributed by atoms with Crippen molar-refractivity contribution in [1.29, 1.82) is 0 Å². The number of rotatable bonds is 2. The molecule has 3 heterocycles. The Labute approximate surface area is 287 Å². The number of likely N-dealkylation sites (N-methyl/N-ethyl adjacent to an activating group) is 1. The molecule has 1 aliphatic carbocycles. The molecule has 7 aromatic rings. The summed E-state index contributed by atoms with van der Waals surface area (Å²) < 4.78 is 2.84. The molecule has 0 saturated carbocycles. The summed E-state index contributed by atoms with van der Waals surface area (Å²) in [6.07, 6.45) is 0. The predicted molar refractivity (Wildman–Crippen MR) is 205 cm³/mol. The van der Waals surface area contributed by atoms with Gasteiger partial charge in [0.15, 0.2) is 5.54 Å². The van der Waals surface area contributed by atoms with Crippen LogP contribution in [0.1, 0.15) is 18.1 Å². The fraction of sp³-hybridized carbons (Fsp3) is 0.182. The van der Waals surface area contributed by atoms with Crippen molar-refractivity contribution in [3.05, 3.63) is 149 Å². The lowest BCUT2D eigenvalue weighted by atomic mass is 9.96. The van der Waals surface area contributed by atoms with Gasteiger partial charge >= 0.3 is 0 Å². The first kappa shape index (κ1) is 28.9. The molecule has 0 saturated heterocycles. The quantitative estimate of drug-likeness (QED) is 0.142. The zero-order valence-corrected chi connectivity index (χ0v) is 29.8. The van der Waals surface area contributed by atoms with E-state index >= 15 is 0 Å². The monoisotopic (exact) mass is 654 g/mol. The molecule has 4 nitrogen and oxygen atoms in total. The van der Waals surface area contributed by atoms with E-state index in [2.05, 4.69) is 171 Å². The average Bonchev–Trinajstić information content (AvgIpc) is 3.75. The Hall–Kier alpha value is -5.10. The molecule has 2 aliphatic heterocycles. The third kappa shape index (κ3) is 3.67. The third-order valence-corrected chi connectivity index (χ3v) is 15.8. The lowest BCUT2D eigenvalue weighted by Gasteiger charge is -2.47. The van der Waals surface area contributed by atoms with Gasteiger partial charge in [0.1, 0.15) is 27.9 Å². The molecule has 0 spiro atoms. The summed E-state index contributed by atoms with van der Waals surface area (Å²) in [5.74, 6) is 1.01. The maximum Gasteiger partial charge on any atom is 0.214 e. The number of hydrogen-bond donors (Lipinski definition) is 0. The number of quaternary nitrogens is 1. The van der Waals surface area contributed by atoms with Gasteiger partial charge in [-0.1, -0.05) is 128 Å². The second kappa shape index (κ2) is 9.75. The molecule has 1 atom stereocenters. The zero-order valence-electron chi connectivity index (χ0n) is 28.8. The van der Waals surface area contributed by atoms with Crippen LogP contribution in [0.3, 0.4) is 0 Å². The van der Waals surface area contributed by atoms with Crippen molar-refractivity contribution in [1.82, 2.24) is 9.47 Å². The smallest absolute Gasteiger partial charge is 0.214 e. The molecule has 10 rings (SSSR count). The summed E-state index contributed by atoms with van der Waals surface area (Å²) in [5.41, 5.74) is 7.34. The van der Waals surface area contributed by atoms with Gasteiger partial charge in [-0.15, -0.1) is 4.65 Å². The fourth-order valence-corrected chi connectivity index (χ4v) is 13.7. The second-order valence-electron chi connectivity index (χ2n) is 15.2. The molecule has 0 unspecified atom stereocenters. The van der Waals surface area contributed by atoms with Crippen molar-refractivity contribution in [2.45, 2.75) is 38.6 Å². The summed E-state index contributed by atoms with van der Waals surface area (Å²) in [5, 5.41) is 10.6. The number of fused-ring (bicyclic) bond motifs is 8. The van der Waals surface area contributed by atoms with Gasteiger partial charge in [-0.2, -0.15) is 0 Å². The number of para-hydroxylation sites is 2. The Kier molecular flexibility index (Phi) is 5.74. The largest absolute Gasteiger partial charge is 0.360 e. The van der Waals surface area contributed by atoms with Crippen molar-refractivity contribution in [3.63, 3.8) is 0 Å². The Balaban J connectivity index is 1.33. The van der Waals surface area contributed by atoms with Crippen molar-refractivity contribution in [2.75, 3.05) is 14.1 Å². The predicted octanol–water partition coefficient (Wildman–Crippen LogP) is 7.52. The van der Waals surface area contributed by atoms with Crippen LogP contribution in [0, 0.1) is 0 Å². The molecule has 0 fully saturated rings. The molecule has 1 aromatic heterocycles. The molecule has 240 valence electrons. The highest BCUT2D eigenvalue weighted by Gasteiger charge is 2.62. The van der Waals surface area contributed by atoms with Gasteiger partial charge in [0, 0.05) is 41.4 Å².